The quantitative estimate of drug-likeness (QED) is 0.862. The zero-order valence-corrected chi connectivity index (χ0v) is 11.3. The van der Waals surface area contributed by atoms with Gasteiger partial charge in [-0.25, -0.2) is 0 Å². The van der Waals surface area contributed by atoms with Gasteiger partial charge < -0.3 is 10.4 Å². The smallest absolute Gasteiger partial charge is 0.307 e. The normalized spacial score (nSPS) is 31.2. The summed E-state index contributed by atoms with van der Waals surface area (Å²) in [6, 6.07) is 10.4. The fourth-order valence-electron chi connectivity index (χ4n) is 3.03. The summed E-state index contributed by atoms with van der Waals surface area (Å²) in [6.45, 7) is 0.686. The summed E-state index contributed by atoms with van der Waals surface area (Å²) in [6.07, 6.45) is 2.72. The third-order valence-corrected chi connectivity index (χ3v) is 4.52. The van der Waals surface area contributed by atoms with E-state index in [2.05, 4.69) is 29.6 Å². The topological polar surface area (TPSA) is 66.4 Å². The van der Waals surface area contributed by atoms with Crippen molar-refractivity contribution in [2.45, 2.75) is 25.2 Å². The lowest BCUT2D eigenvalue weighted by Crippen LogP contribution is -2.36. The lowest BCUT2D eigenvalue weighted by Gasteiger charge is -2.35. The molecule has 1 aromatic rings. The highest BCUT2D eigenvalue weighted by atomic mass is 16.4. The highest BCUT2D eigenvalue weighted by Gasteiger charge is 2.48. The van der Waals surface area contributed by atoms with Gasteiger partial charge in [0.25, 0.3) is 0 Å². The zero-order chi connectivity index (χ0) is 14.1. The van der Waals surface area contributed by atoms with Crippen LogP contribution in [-0.2, 0) is 9.59 Å². The van der Waals surface area contributed by atoms with Crippen molar-refractivity contribution in [2.24, 2.45) is 17.8 Å². The Balaban J connectivity index is 1.38. The van der Waals surface area contributed by atoms with Crippen molar-refractivity contribution < 1.29 is 14.7 Å². The second-order valence-electron chi connectivity index (χ2n) is 5.98. The summed E-state index contributed by atoms with van der Waals surface area (Å²) < 4.78 is 0. The van der Waals surface area contributed by atoms with Crippen LogP contribution >= 0.6 is 0 Å². The average molecular weight is 273 g/mol. The first-order chi connectivity index (χ1) is 9.65. The van der Waals surface area contributed by atoms with Crippen molar-refractivity contribution >= 4 is 11.9 Å². The van der Waals surface area contributed by atoms with Crippen molar-refractivity contribution in [1.29, 1.82) is 0 Å². The van der Waals surface area contributed by atoms with Crippen molar-refractivity contribution in [2.75, 3.05) is 6.54 Å². The molecule has 3 rings (SSSR count). The van der Waals surface area contributed by atoms with E-state index < -0.39 is 11.9 Å². The van der Waals surface area contributed by atoms with Gasteiger partial charge in [-0.1, -0.05) is 30.3 Å². The molecule has 0 spiro atoms. The second kappa shape index (κ2) is 5.27. The maximum absolute atomic E-state index is 11.7. The molecule has 4 heteroatoms. The number of rotatable bonds is 5. The van der Waals surface area contributed by atoms with Gasteiger partial charge in [0.05, 0.1) is 11.8 Å². The Bertz CT molecular complexity index is 508. The van der Waals surface area contributed by atoms with Crippen LogP contribution in [0.2, 0.25) is 0 Å². The molecule has 4 nitrogen and oxygen atoms in total. The molecule has 2 atom stereocenters. The molecule has 106 valence electrons. The third-order valence-electron chi connectivity index (χ3n) is 4.52. The number of carbonyl (C=O) groups is 2. The SMILES string of the molecule is O=C(O)C1CC1C(=O)NCC1CC(c2ccccc2)C1. The van der Waals surface area contributed by atoms with Gasteiger partial charge in [0.2, 0.25) is 5.91 Å². The summed E-state index contributed by atoms with van der Waals surface area (Å²) in [5.41, 5.74) is 1.38. The molecule has 1 amide bonds. The Kier molecular flexibility index (Phi) is 3.47. The van der Waals surface area contributed by atoms with E-state index in [1.54, 1.807) is 0 Å². The Morgan fingerprint density at radius 2 is 1.80 bits per heavy atom. The maximum atomic E-state index is 11.7. The Hall–Kier alpha value is -1.84. The molecule has 1 aromatic carbocycles. The molecule has 2 aliphatic rings. The van der Waals surface area contributed by atoms with E-state index in [0.29, 0.717) is 24.8 Å². The molecule has 0 radical (unpaired) electrons. The third kappa shape index (κ3) is 2.69. The van der Waals surface area contributed by atoms with E-state index in [0.717, 1.165) is 12.8 Å². The average Bonchev–Trinajstić information content (AvgIpc) is 3.18. The fraction of sp³-hybridized carbons (Fsp3) is 0.500. The summed E-state index contributed by atoms with van der Waals surface area (Å²) in [5, 5.41) is 11.7. The van der Waals surface area contributed by atoms with E-state index in [1.165, 1.54) is 5.56 Å². The molecule has 0 aromatic heterocycles. The highest BCUT2D eigenvalue weighted by molar-refractivity contribution is 5.89. The van der Waals surface area contributed by atoms with E-state index in [-0.39, 0.29) is 11.8 Å². The maximum Gasteiger partial charge on any atom is 0.307 e. The minimum absolute atomic E-state index is 0.0828. The number of carboxylic acids is 1. The number of benzene rings is 1. The molecule has 2 N–H and O–H groups in total. The largest absolute Gasteiger partial charge is 0.481 e. The van der Waals surface area contributed by atoms with E-state index in [4.69, 9.17) is 5.11 Å². The summed E-state index contributed by atoms with van der Waals surface area (Å²) >= 11 is 0. The first kappa shape index (κ1) is 13.2. The molecule has 0 heterocycles. The van der Waals surface area contributed by atoms with Crippen LogP contribution in [0.4, 0.5) is 0 Å². The summed E-state index contributed by atoms with van der Waals surface area (Å²) in [4.78, 5) is 22.4. The molecule has 2 unspecified atom stereocenters. The first-order valence-corrected chi connectivity index (χ1v) is 7.20. The number of aliphatic carboxylic acids is 1. The number of carbonyl (C=O) groups excluding carboxylic acids is 1. The van der Waals surface area contributed by atoms with Gasteiger partial charge in [-0.3, -0.25) is 9.59 Å². The predicted molar refractivity (Wildman–Crippen MR) is 74.1 cm³/mol. The number of hydrogen-bond acceptors (Lipinski definition) is 2. The van der Waals surface area contributed by atoms with Crippen LogP contribution in [0.15, 0.2) is 30.3 Å². The van der Waals surface area contributed by atoms with Crippen molar-refractivity contribution in [3.8, 4) is 0 Å². The van der Waals surface area contributed by atoms with E-state index in [1.807, 2.05) is 6.07 Å². The molecular weight excluding hydrogens is 254 g/mol. The molecule has 2 aliphatic carbocycles. The lowest BCUT2D eigenvalue weighted by atomic mass is 9.71. The highest BCUT2D eigenvalue weighted by Crippen LogP contribution is 2.42. The van der Waals surface area contributed by atoms with Crippen LogP contribution in [-0.4, -0.2) is 23.5 Å². The number of amides is 1. The minimum atomic E-state index is -0.849. The second-order valence-corrected chi connectivity index (χ2v) is 5.98. The van der Waals surface area contributed by atoms with Gasteiger partial charge in [-0.15, -0.1) is 0 Å². The van der Waals surface area contributed by atoms with Crippen LogP contribution in [0.25, 0.3) is 0 Å². The number of carboxylic acid groups (broad SMARTS) is 1. The van der Waals surface area contributed by atoms with Gasteiger partial charge in [-0.05, 0) is 36.7 Å². The van der Waals surface area contributed by atoms with Crippen molar-refractivity contribution in [1.82, 2.24) is 5.32 Å². The molecule has 2 fully saturated rings. The monoisotopic (exact) mass is 273 g/mol. The molecular formula is C16H19NO3. The predicted octanol–water partition coefficient (Wildman–Crippen LogP) is 2.02. The first-order valence-electron chi connectivity index (χ1n) is 7.20. The van der Waals surface area contributed by atoms with Gasteiger partial charge in [0.1, 0.15) is 0 Å². The van der Waals surface area contributed by atoms with E-state index >= 15 is 0 Å². The number of hydrogen-bond donors (Lipinski definition) is 2. The summed E-state index contributed by atoms with van der Waals surface area (Å²) in [5.74, 6) is -0.526. The van der Waals surface area contributed by atoms with Gasteiger partial charge in [0, 0.05) is 6.54 Å². The molecule has 0 aliphatic heterocycles. The van der Waals surface area contributed by atoms with Gasteiger partial charge >= 0.3 is 5.97 Å². The molecule has 0 bridgehead atoms. The van der Waals surface area contributed by atoms with Crippen LogP contribution < -0.4 is 5.32 Å². The van der Waals surface area contributed by atoms with Crippen molar-refractivity contribution in [3.63, 3.8) is 0 Å². The van der Waals surface area contributed by atoms with Crippen LogP contribution in [0.5, 0.6) is 0 Å². The van der Waals surface area contributed by atoms with Gasteiger partial charge in [0.15, 0.2) is 0 Å². The Labute approximate surface area is 118 Å². The zero-order valence-electron chi connectivity index (χ0n) is 11.3. The van der Waals surface area contributed by atoms with Crippen LogP contribution in [0.1, 0.15) is 30.7 Å². The fourth-order valence-corrected chi connectivity index (χ4v) is 3.03. The van der Waals surface area contributed by atoms with Crippen LogP contribution in [0.3, 0.4) is 0 Å². The molecule has 2 saturated carbocycles. The Morgan fingerprint density at radius 1 is 1.10 bits per heavy atom. The molecule has 20 heavy (non-hydrogen) atoms. The van der Waals surface area contributed by atoms with E-state index in [9.17, 15) is 9.59 Å². The van der Waals surface area contributed by atoms with Crippen molar-refractivity contribution in [3.05, 3.63) is 35.9 Å². The van der Waals surface area contributed by atoms with Gasteiger partial charge in [-0.2, -0.15) is 0 Å². The Morgan fingerprint density at radius 3 is 2.40 bits per heavy atom. The number of nitrogens with one attached hydrogen (secondary N) is 1. The lowest BCUT2D eigenvalue weighted by molar-refractivity contribution is -0.140. The minimum Gasteiger partial charge on any atom is -0.481 e. The standard InChI is InChI=1S/C16H19NO3/c18-15(13-8-14(13)16(19)20)17-9-10-6-12(7-10)11-4-2-1-3-5-11/h1-5,10,12-14H,6-9H2,(H,17,18)(H,19,20). The van der Waals surface area contributed by atoms with Crippen LogP contribution in [0, 0.1) is 17.8 Å². The molecule has 0 saturated heterocycles. The summed E-state index contributed by atoms with van der Waals surface area (Å²) in [7, 11) is 0.